The van der Waals surface area contributed by atoms with Crippen molar-refractivity contribution in [3.05, 3.63) is 35.4 Å². The standard InChI is InChI=1S/C18H28N2O/c1-2-20(17-9-5-7-15(17)12-19)13-18-16-8-4-3-6-14(16)10-11-21-18/h3-4,6,8,15,17-18H,2,5,7,9-13,19H2,1H3. The average molecular weight is 288 g/mol. The molecule has 1 aliphatic carbocycles. The summed E-state index contributed by atoms with van der Waals surface area (Å²) in [5.74, 6) is 0.670. The second kappa shape index (κ2) is 6.91. The first kappa shape index (κ1) is 15.0. The minimum absolute atomic E-state index is 0.230. The van der Waals surface area contributed by atoms with Crippen molar-refractivity contribution in [2.75, 3.05) is 26.2 Å². The Balaban J connectivity index is 1.73. The van der Waals surface area contributed by atoms with Gasteiger partial charge in [-0.2, -0.15) is 0 Å². The van der Waals surface area contributed by atoms with Crippen LogP contribution >= 0.6 is 0 Å². The molecule has 0 bridgehead atoms. The second-order valence-corrected chi connectivity index (χ2v) is 6.39. The number of likely N-dealkylation sites (N-methyl/N-ethyl adjacent to an activating group) is 1. The van der Waals surface area contributed by atoms with Crippen molar-refractivity contribution in [2.24, 2.45) is 11.7 Å². The highest BCUT2D eigenvalue weighted by molar-refractivity contribution is 5.31. The van der Waals surface area contributed by atoms with Crippen molar-refractivity contribution in [1.82, 2.24) is 4.90 Å². The summed E-state index contributed by atoms with van der Waals surface area (Å²) in [6, 6.07) is 9.41. The fraction of sp³-hybridized carbons (Fsp3) is 0.667. The Morgan fingerprint density at radius 2 is 2.14 bits per heavy atom. The lowest BCUT2D eigenvalue weighted by Gasteiger charge is -2.36. The Labute approximate surface area is 128 Å². The molecule has 3 unspecified atom stereocenters. The zero-order valence-corrected chi connectivity index (χ0v) is 13.1. The summed E-state index contributed by atoms with van der Waals surface area (Å²) < 4.78 is 6.09. The van der Waals surface area contributed by atoms with Gasteiger partial charge in [0.15, 0.2) is 0 Å². The normalized spacial score (nSPS) is 28.8. The van der Waals surface area contributed by atoms with Crippen LogP contribution in [0.5, 0.6) is 0 Å². The number of rotatable bonds is 5. The molecule has 2 aliphatic rings. The SMILES string of the molecule is CCN(CC1OCCc2ccccc21)C1CCCC1CN. The number of fused-ring (bicyclic) bond motifs is 1. The molecular formula is C18H28N2O. The molecule has 1 aliphatic heterocycles. The summed E-state index contributed by atoms with van der Waals surface area (Å²) >= 11 is 0. The van der Waals surface area contributed by atoms with Crippen LogP contribution in [-0.2, 0) is 11.2 Å². The summed E-state index contributed by atoms with van der Waals surface area (Å²) in [6.45, 7) is 6.03. The van der Waals surface area contributed by atoms with Gasteiger partial charge in [-0.05, 0) is 49.4 Å². The molecule has 1 heterocycles. The Kier molecular flexibility index (Phi) is 4.94. The predicted molar refractivity (Wildman–Crippen MR) is 86.3 cm³/mol. The first-order valence-corrected chi connectivity index (χ1v) is 8.47. The largest absolute Gasteiger partial charge is 0.372 e. The zero-order valence-electron chi connectivity index (χ0n) is 13.1. The van der Waals surface area contributed by atoms with Gasteiger partial charge in [0, 0.05) is 12.6 Å². The van der Waals surface area contributed by atoms with Gasteiger partial charge in [0.25, 0.3) is 0 Å². The maximum Gasteiger partial charge on any atom is 0.0954 e. The molecule has 0 spiro atoms. The maximum absolute atomic E-state index is 6.09. The molecule has 0 aromatic heterocycles. The fourth-order valence-corrected chi connectivity index (χ4v) is 4.11. The van der Waals surface area contributed by atoms with Crippen LogP contribution in [0.25, 0.3) is 0 Å². The van der Waals surface area contributed by atoms with Gasteiger partial charge in [-0.1, -0.05) is 37.6 Å². The van der Waals surface area contributed by atoms with E-state index < -0.39 is 0 Å². The van der Waals surface area contributed by atoms with Gasteiger partial charge in [0.1, 0.15) is 0 Å². The van der Waals surface area contributed by atoms with Gasteiger partial charge in [-0.15, -0.1) is 0 Å². The molecular weight excluding hydrogens is 260 g/mol. The number of nitrogens with two attached hydrogens (primary N) is 1. The average Bonchev–Trinajstić information content (AvgIpc) is 3.01. The van der Waals surface area contributed by atoms with Crippen LogP contribution in [0.3, 0.4) is 0 Å². The Morgan fingerprint density at radius 1 is 1.29 bits per heavy atom. The van der Waals surface area contributed by atoms with Crippen LogP contribution < -0.4 is 5.73 Å². The van der Waals surface area contributed by atoms with Crippen LogP contribution in [-0.4, -0.2) is 37.2 Å². The Hall–Kier alpha value is -0.900. The van der Waals surface area contributed by atoms with Crippen molar-refractivity contribution >= 4 is 0 Å². The van der Waals surface area contributed by atoms with Crippen LogP contribution in [0.1, 0.15) is 43.4 Å². The van der Waals surface area contributed by atoms with Gasteiger partial charge < -0.3 is 10.5 Å². The second-order valence-electron chi connectivity index (χ2n) is 6.39. The third kappa shape index (κ3) is 3.15. The van der Waals surface area contributed by atoms with Crippen LogP contribution in [0.15, 0.2) is 24.3 Å². The van der Waals surface area contributed by atoms with Crippen LogP contribution in [0.2, 0.25) is 0 Å². The number of hydrogen-bond acceptors (Lipinski definition) is 3. The lowest BCUT2D eigenvalue weighted by atomic mass is 9.96. The number of ether oxygens (including phenoxy) is 1. The summed E-state index contributed by atoms with van der Waals surface area (Å²) in [6.07, 6.45) is 5.19. The Bertz CT molecular complexity index is 462. The van der Waals surface area contributed by atoms with Gasteiger partial charge in [-0.3, -0.25) is 4.90 Å². The van der Waals surface area contributed by atoms with E-state index in [1.807, 2.05) is 0 Å². The van der Waals surface area contributed by atoms with Crippen LogP contribution in [0, 0.1) is 5.92 Å². The number of hydrogen-bond donors (Lipinski definition) is 1. The van der Waals surface area contributed by atoms with Crippen molar-refractivity contribution in [1.29, 1.82) is 0 Å². The van der Waals surface area contributed by atoms with Crippen molar-refractivity contribution < 1.29 is 4.74 Å². The van der Waals surface area contributed by atoms with E-state index in [2.05, 4.69) is 36.1 Å². The molecule has 2 N–H and O–H groups in total. The van der Waals surface area contributed by atoms with E-state index in [1.165, 1.54) is 30.4 Å². The minimum Gasteiger partial charge on any atom is -0.372 e. The molecule has 3 heteroatoms. The molecule has 3 nitrogen and oxygen atoms in total. The number of nitrogens with zero attached hydrogens (tertiary/aromatic N) is 1. The van der Waals surface area contributed by atoms with E-state index in [4.69, 9.17) is 10.5 Å². The summed E-state index contributed by atoms with van der Waals surface area (Å²) in [7, 11) is 0. The monoisotopic (exact) mass is 288 g/mol. The molecule has 1 fully saturated rings. The van der Waals surface area contributed by atoms with E-state index in [-0.39, 0.29) is 6.10 Å². The summed E-state index contributed by atoms with van der Waals surface area (Å²) in [5.41, 5.74) is 8.83. The van der Waals surface area contributed by atoms with Crippen LogP contribution in [0.4, 0.5) is 0 Å². The fourth-order valence-electron chi connectivity index (χ4n) is 4.11. The van der Waals surface area contributed by atoms with E-state index in [9.17, 15) is 0 Å². The highest BCUT2D eigenvalue weighted by Gasteiger charge is 2.32. The van der Waals surface area contributed by atoms with E-state index >= 15 is 0 Å². The summed E-state index contributed by atoms with van der Waals surface area (Å²) in [4.78, 5) is 2.61. The third-order valence-electron chi connectivity index (χ3n) is 5.29. The molecule has 3 rings (SSSR count). The first-order chi connectivity index (χ1) is 10.3. The van der Waals surface area contributed by atoms with Crippen molar-refractivity contribution in [3.8, 4) is 0 Å². The molecule has 1 aromatic rings. The molecule has 21 heavy (non-hydrogen) atoms. The van der Waals surface area contributed by atoms with Gasteiger partial charge >= 0.3 is 0 Å². The zero-order chi connectivity index (χ0) is 14.7. The van der Waals surface area contributed by atoms with E-state index in [0.29, 0.717) is 12.0 Å². The molecule has 0 amide bonds. The lowest BCUT2D eigenvalue weighted by molar-refractivity contribution is 0.00316. The van der Waals surface area contributed by atoms with Gasteiger partial charge in [0.2, 0.25) is 0 Å². The molecule has 0 saturated heterocycles. The maximum atomic E-state index is 6.09. The molecule has 1 aromatic carbocycles. The first-order valence-electron chi connectivity index (χ1n) is 8.47. The highest BCUT2D eigenvalue weighted by atomic mass is 16.5. The van der Waals surface area contributed by atoms with Gasteiger partial charge in [0.05, 0.1) is 12.7 Å². The Morgan fingerprint density at radius 3 is 2.95 bits per heavy atom. The smallest absolute Gasteiger partial charge is 0.0954 e. The quantitative estimate of drug-likeness (QED) is 0.905. The molecule has 1 saturated carbocycles. The molecule has 3 atom stereocenters. The van der Waals surface area contributed by atoms with Gasteiger partial charge in [-0.25, -0.2) is 0 Å². The number of benzene rings is 1. The minimum atomic E-state index is 0.230. The van der Waals surface area contributed by atoms with E-state index in [0.717, 1.165) is 32.7 Å². The lowest BCUT2D eigenvalue weighted by Crippen LogP contribution is -2.43. The molecule has 116 valence electrons. The molecule has 0 radical (unpaired) electrons. The van der Waals surface area contributed by atoms with E-state index in [1.54, 1.807) is 0 Å². The van der Waals surface area contributed by atoms with Crippen molar-refractivity contribution in [2.45, 2.75) is 44.8 Å². The van der Waals surface area contributed by atoms with Crippen molar-refractivity contribution in [3.63, 3.8) is 0 Å². The third-order valence-corrected chi connectivity index (χ3v) is 5.29. The summed E-state index contributed by atoms with van der Waals surface area (Å²) in [5, 5.41) is 0. The predicted octanol–water partition coefficient (Wildman–Crippen LogP) is 2.75. The highest BCUT2D eigenvalue weighted by Crippen LogP contribution is 2.33. The topological polar surface area (TPSA) is 38.5 Å².